The minimum Gasteiger partial charge on any atom is -0.485 e. The van der Waals surface area contributed by atoms with Crippen molar-refractivity contribution in [2.45, 2.75) is 30.4 Å². The minimum absolute atomic E-state index is 0.0194. The summed E-state index contributed by atoms with van der Waals surface area (Å²) in [6.07, 6.45) is -0.468. The maximum absolute atomic E-state index is 12.6. The number of fused-ring (bicyclic) bond motifs is 1. The highest BCUT2D eigenvalue weighted by molar-refractivity contribution is 8.00. The largest absolute Gasteiger partial charge is 0.485 e. The van der Waals surface area contributed by atoms with Crippen molar-refractivity contribution in [2.75, 3.05) is 6.61 Å². The molecule has 1 aliphatic rings. The molecule has 0 spiro atoms. The number of benzene rings is 2. The number of nitrogens with zero attached hydrogens (tertiary/aromatic N) is 2. The van der Waals surface area contributed by atoms with E-state index in [1.165, 1.54) is 11.8 Å². The van der Waals surface area contributed by atoms with E-state index in [0.29, 0.717) is 34.8 Å². The predicted octanol–water partition coefficient (Wildman–Crippen LogP) is 4.25. The highest BCUT2D eigenvalue weighted by Crippen LogP contribution is 2.36. The first-order chi connectivity index (χ1) is 13.1. The number of Topliss-reactive ketones (excluding diaryl/α,β-unsaturated/α-hetero) is 1. The van der Waals surface area contributed by atoms with Gasteiger partial charge in [-0.3, -0.25) is 4.79 Å². The molecule has 6 nitrogen and oxygen atoms in total. The van der Waals surface area contributed by atoms with Crippen LogP contribution >= 0.6 is 11.8 Å². The molecule has 1 aromatic heterocycles. The van der Waals surface area contributed by atoms with Gasteiger partial charge in [0.05, 0.1) is 5.25 Å². The molecule has 4 rings (SSSR count). The molecule has 2 atom stereocenters. The summed E-state index contributed by atoms with van der Waals surface area (Å²) in [6, 6.07) is 14.9. The van der Waals surface area contributed by atoms with Crippen molar-refractivity contribution >= 4 is 17.5 Å². The Balaban J connectivity index is 1.42. The molecule has 0 N–H and O–H groups in total. The van der Waals surface area contributed by atoms with Crippen LogP contribution < -0.4 is 9.47 Å². The van der Waals surface area contributed by atoms with E-state index in [2.05, 4.69) is 10.2 Å². The van der Waals surface area contributed by atoms with Gasteiger partial charge >= 0.3 is 0 Å². The van der Waals surface area contributed by atoms with Crippen molar-refractivity contribution < 1.29 is 18.7 Å². The molecule has 0 saturated carbocycles. The lowest BCUT2D eigenvalue weighted by atomic mass is 10.1. The van der Waals surface area contributed by atoms with E-state index < -0.39 is 6.10 Å². The van der Waals surface area contributed by atoms with E-state index in [9.17, 15) is 4.79 Å². The summed E-state index contributed by atoms with van der Waals surface area (Å²) >= 11 is 1.23. The third-order valence-electron chi connectivity index (χ3n) is 4.19. The number of ketones is 1. The summed E-state index contributed by atoms with van der Waals surface area (Å²) in [7, 11) is 0. The van der Waals surface area contributed by atoms with Crippen LogP contribution in [0.2, 0.25) is 0 Å². The highest BCUT2D eigenvalue weighted by Gasteiger charge is 2.28. The number of aryl methyl sites for hydroxylation is 1. The van der Waals surface area contributed by atoms with Crippen LogP contribution in [0.4, 0.5) is 0 Å². The number of rotatable bonds is 5. The Hall–Kier alpha value is -2.80. The van der Waals surface area contributed by atoms with Gasteiger partial charge in [-0.25, -0.2) is 0 Å². The van der Waals surface area contributed by atoms with Gasteiger partial charge in [0.25, 0.3) is 11.1 Å². The normalized spacial score (nSPS) is 16.7. The summed E-state index contributed by atoms with van der Waals surface area (Å²) in [5.74, 6) is 1.69. The van der Waals surface area contributed by atoms with Gasteiger partial charge in [0.15, 0.2) is 17.3 Å². The van der Waals surface area contributed by atoms with Crippen molar-refractivity contribution in [3.63, 3.8) is 0 Å². The van der Waals surface area contributed by atoms with Gasteiger partial charge in [0, 0.05) is 5.56 Å². The Morgan fingerprint density at radius 3 is 2.63 bits per heavy atom. The summed E-state index contributed by atoms with van der Waals surface area (Å²) in [5.41, 5.74) is 1.78. The second-order valence-corrected chi connectivity index (χ2v) is 7.55. The Labute approximate surface area is 160 Å². The first kappa shape index (κ1) is 17.6. The Morgan fingerprint density at radius 2 is 1.85 bits per heavy atom. The zero-order valence-corrected chi connectivity index (χ0v) is 15.7. The average molecular weight is 382 g/mol. The number of carbonyl (C=O) groups is 1. The third kappa shape index (κ3) is 3.83. The molecule has 2 unspecified atom stereocenters. The van der Waals surface area contributed by atoms with E-state index in [-0.39, 0.29) is 11.0 Å². The average Bonchev–Trinajstić information content (AvgIpc) is 3.16. The molecule has 3 aromatic rings. The Morgan fingerprint density at radius 1 is 1.11 bits per heavy atom. The van der Waals surface area contributed by atoms with E-state index in [4.69, 9.17) is 13.9 Å². The Bertz CT molecular complexity index is 955. The van der Waals surface area contributed by atoms with Crippen LogP contribution in [0.15, 0.2) is 58.2 Å². The van der Waals surface area contributed by atoms with Crippen molar-refractivity contribution in [2.24, 2.45) is 0 Å². The molecule has 0 fully saturated rings. The van der Waals surface area contributed by atoms with E-state index in [1.807, 2.05) is 62.4 Å². The number of hydrogen-bond donors (Lipinski definition) is 0. The lowest BCUT2D eigenvalue weighted by Crippen LogP contribution is -2.21. The molecule has 0 amide bonds. The van der Waals surface area contributed by atoms with Crippen LogP contribution in [0, 0.1) is 6.92 Å². The van der Waals surface area contributed by atoms with Crippen LogP contribution in [0.3, 0.4) is 0 Å². The second-order valence-electron chi connectivity index (χ2n) is 6.26. The van der Waals surface area contributed by atoms with Gasteiger partial charge in [-0.2, -0.15) is 0 Å². The lowest BCUT2D eigenvalue weighted by molar-refractivity contribution is 0.0686. The first-order valence-corrected chi connectivity index (χ1v) is 9.47. The van der Waals surface area contributed by atoms with Crippen molar-refractivity contribution in [1.82, 2.24) is 10.2 Å². The molecule has 0 radical (unpaired) electrons. The van der Waals surface area contributed by atoms with E-state index >= 15 is 0 Å². The summed E-state index contributed by atoms with van der Waals surface area (Å²) in [5, 5.41) is 8.08. The molecular formula is C20H18N2O4S. The van der Waals surface area contributed by atoms with E-state index in [1.54, 1.807) is 0 Å². The molecule has 27 heavy (non-hydrogen) atoms. The SMILES string of the molecule is Cc1ccc(C(=O)C(C)Sc2nnc(C3COc4ccccc4O3)o2)cc1. The fourth-order valence-electron chi connectivity index (χ4n) is 2.70. The van der Waals surface area contributed by atoms with Gasteiger partial charge in [-0.15, -0.1) is 10.2 Å². The maximum Gasteiger partial charge on any atom is 0.277 e. The van der Waals surface area contributed by atoms with Crippen molar-refractivity contribution in [3.05, 3.63) is 65.5 Å². The quantitative estimate of drug-likeness (QED) is 0.482. The van der Waals surface area contributed by atoms with Gasteiger partial charge in [0.2, 0.25) is 6.10 Å². The summed E-state index contributed by atoms with van der Waals surface area (Å²) < 4.78 is 17.2. The predicted molar refractivity (Wildman–Crippen MR) is 100 cm³/mol. The fourth-order valence-corrected chi connectivity index (χ4v) is 3.46. The Kier molecular flexibility index (Phi) is 4.85. The number of aromatic nitrogens is 2. The van der Waals surface area contributed by atoms with Gasteiger partial charge in [0.1, 0.15) is 6.61 Å². The summed E-state index contributed by atoms with van der Waals surface area (Å²) in [4.78, 5) is 12.6. The zero-order valence-electron chi connectivity index (χ0n) is 14.9. The third-order valence-corrected chi connectivity index (χ3v) is 5.12. The zero-order chi connectivity index (χ0) is 18.8. The second kappa shape index (κ2) is 7.44. The van der Waals surface area contributed by atoms with Crippen LogP contribution in [-0.4, -0.2) is 27.8 Å². The maximum atomic E-state index is 12.6. The van der Waals surface area contributed by atoms with Crippen LogP contribution in [0.25, 0.3) is 0 Å². The highest BCUT2D eigenvalue weighted by atomic mass is 32.2. The number of para-hydroxylation sites is 2. The lowest BCUT2D eigenvalue weighted by Gasteiger charge is -2.23. The standard InChI is InChI=1S/C20H18N2O4S/c1-12-7-9-14(10-8-12)18(23)13(2)27-20-22-21-19(26-20)17-11-24-15-5-3-4-6-16(15)25-17/h3-10,13,17H,11H2,1-2H3. The minimum atomic E-state index is -0.468. The van der Waals surface area contributed by atoms with Crippen LogP contribution in [0.5, 0.6) is 11.5 Å². The van der Waals surface area contributed by atoms with Gasteiger partial charge in [-0.05, 0) is 26.0 Å². The van der Waals surface area contributed by atoms with Crippen LogP contribution in [-0.2, 0) is 0 Å². The molecule has 2 aromatic carbocycles. The van der Waals surface area contributed by atoms with Crippen LogP contribution in [0.1, 0.15) is 34.8 Å². The molecule has 1 aliphatic heterocycles. The molecular weight excluding hydrogens is 364 g/mol. The topological polar surface area (TPSA) is 74.5 Å². The number of thioether (sulfide) groups is 1. The van der Waals surface area contributed by atoms with Crippen molar-refractivity contribution in [3.8, 4) is 11.5 Å². The molecule has 0 bridgehead atoms. The van der Waals surface area contributed by atoms with Gasteiger partial charge in [-0.1, -0.05) is 53.7 Å². The number of ether oxygens (including phenoxy) is 2. The molecule has 0 aliphatic carbocycles. The fraction of sp³-hybridized carbons (Fsp3) is 0.250. The van der Waals surface area contributed by atoms with E-state index in [0.717, 1.165) is 5.56 Å². The summed E-state index contributed by atoms with van der Waals surface area (Å²) in [6.45, 7) is 4.11. The molecule has 2 heterocycles. The first-order valence-electron chi connectivity index (χ1n) is 8.59. The van der Waals surface area contributed by atoms with Gasteiger partial charge < -0.3 is 13.9 Å². The molecule has 138 valence electrons. The number of hydrogen-bond acceptors (Lipinski definition) is 7. The molecule has 7 heteroatoms. The smallest absolute Gasteiger partial charge is 0.277 e. The molecule has 0 saturated heterocycles. The van der Waals surface area contributed by atoms with Crippen molar-refractivity contribution in [1.29, 1.82) is 0 Å². The monoisotopic (exact) mass is 382 g/mol. The number of carbonyl (C=O) groups excluding carboxylic acids is 1.